The van der Waals surface area contributed by atoms with Crippen LogP contribution in [0.1, 0.15) is 348 Å². The van der Waals surface area contributed by atoms with Gasteiger partial charge in [-0.25, -0.2) is 0 Å². The predicted molar refractivity (Wildman–Crippen MR) is 312 cm³/mol. The van der Waals surface area contributed by atoms with E-state index in [1.165, 1.54) is 231 Å². The topological polar surface area (TPSA) is 78.9 Å². The number of rotatable bonds is 59. The number of hydrogen-bond donors (Lipinski definition) is 0. The van der Waals surface area contributed by atoms with Crippen LogP contribution >= 0.6 is 0 Å². The molecule has 6 heteroatoms. The molecular weight excluding hydrogens is 889 g/mol. The first kappa shape index (κ1) is 69.6. The van der Waals surface area contributed by atoms with Crippen molar-refractivity contribution in [1.82, 2.24) is 0 Å². The minimum Gasteiger partial charge on any atom is -0.462 e. The van der Waals surface area contributed by atoms with Gasteiger partial charge in [0.15, 0.2) is 6.10 Å². The van der Waals surface area contributed by atoms with E-state index in [0.717, 1.165) is 77.0 Å². The van der Waals surface area contributed by atoms with Gasteiger partial charge < -0.3 is 14.2 Å². The van der Waals surface area contributed by atoms with Crippen molar-refractivity contribution in [2.24, 2.45) is 0 Å². The fourth-order valence-corrected chi connectivity index (χ4v) is 9.53. The molecule has 0 saturated carbocycles. The number of carbonyl (C=O) groups is 3. The molecule has 0 aromatic carbocycles. The molecule has 0 bridgehead atoms. The molecule has 1 atom stereocenters. The van der Waals surface area contributed by atoms with Gasteiger partial charge in [-0.05, 0) is 77.0 Å². The van der Waals surface area contributed by atoms with Crippen LogP contribution in [0.15, 0.2) is 36.5 Å². The van der Waals surface area contributed by atoms with Gasteiger partial charge >= 0.3 is 17.9 Å². The summed E-state index contributed by atoms with van der Waals surface area (Å²) in [6, 6.07) is 0. The Morgan fingerprint density at radius 2 is 0.500 bits per heavy atom. The fraction of sp³-hybridized carbons (Fsp3) is 0.864. The fourth-order valence-electron chi connectivity index (χ4n) is 9.53. The predicted octanol–water partition coefficient (Wildman–Crippen LogP) is 21.6. The zero-order valence-electron chi connectivity index (χ0n) is 48.5. The highest BCUT2D eigenvalue weighted by atomic mass is 16.6. The number of esters is 3. The van der Waals surface area contributed by atoms with Gasteiger partial charge in [0.25, 0.3) is 0 Å². The van der Waals surface area contributed by atoms with Gasteiger partial charge in [0.05, 0.1) is 0 Å². The van der Waals surface area contributed by atoms with Crippen LogP contribution in [0, 0.1) is 0 Å². The van der Waals surface area contributed by atoms with E-state index in [-0.39, 0.29) is 31.1 Å². The summed E-state index contributed by atoms with van der Waals surface area (Å²) in [7, 11) is 0. The first-order valence-electron chi connectivity index (χ1n) is 32.0. The lowest BCUT2D eigenvalue weighted by Gasteiger charge is -2.18. The van der Waals surface area contributed by atoms with E-state index in [4.69, 9.17) is 14.2 Å². The molecule has 0 N–H and O–H groups in total. The smallest absolute Gasteiger partial charge is 0.306 e. The molecule has 0 amide bonds. The van der Waals surface area contributed by atoms with Crippen LogP contribution in [0.5, 0.6) is 0 Å². The van der Waals surface area contributed by atoms with Gasteiger partial charge in [0.2, 0.25) is 0 Å². The Kier molecular flexibility index (Phi) is 59.2. The lowest BCUT2D eigenvalue weighted by Crippen LogP contribution is -2.30. The molecule has 0 aromatic heterocycles. The van der Waals surface area contributed by atoms with E-state index < -0.39 is 6.10 Å². The molecule has 0 aliphatic heterocycles. The van der Waals surface area contributed by atoms with Crippen molar-refractivity contribution in [3.05, 3.63) is 36.5 Å². The second-order valence-corrected chi connectivity index (χ2v) is 21.7. The molecule has 1 unspecified atom stereocenters. The van der Waals surface area contributed by atoms with Gasteiger partial charge in [-0.3, -0.25) is 14.4 Å². The van der Waals surface area contributed by atoms with Crippen LogP contribution in [0.4, 0.5) is 0 Å². The van der Waals surface area contributed by atoms with Crippen molar-refractivity contribution < 1.29 is 28.6 Å². The van der Waals surface area contributed by atoms with Crippen LogP contribution in [-0.2, 0) is 28.6 Å². The third kappa shape index (κ3) is 58.5. The molecule has 0 radical (unpaired) electrons. The second-order valence-electron chi connectivity index (χ2n) is 21.7. The average molecular weight is 1010 g/mol. The van der Waals surface area contributed by atoms with Gasteiger partial charge in [-0.2, -0.15) is 0 Å². The van der Waals surface area contributed by atoms with E-state index in [1.54, 1.807) is 0 Å². The van der Waals surface area contributed by atoms with E-state index in [2.05, 4.69) is 57.2 Å². The highest BCUT2D eigenvalue weighted by molar-refractivity contribution is 5.71. The summed E-state index contributed by atoms with van der Waals surface area (Å²) >= 11 is 0. The molecule has 0 aromatic rings. The van der Waals surface area contributed by atoms with Crippen molar-refractivity contribution in [2.45, 2.75) is 354 Å². The average Bonchev–Trinajstić information content (AvgIpc) is 3.38. The molecule has 0 saturated heterocycles. The number of ether oxygens (including phenoxy) is 3. The zero-order chi connectivity index (χ0) is 52.2. The van der Waals surface area contributed by atoms with E-state index in [0.29, 0.717) is 19.3 Å². The Bertz CT molecular complexity index is 1210. The number of hydrogen-bond acceptors (Lipinski definition) is 6. The third-order valence-electron chi connectivity index (χ3n) is 14.4. The molecule has 72 heavy (non-hydrogen) atoms. The molecule has 0 aliphatic carbocycles. The maximum absolute atomic E-state index is 12.9. The van der Waals surface area contributed by atoms with Crippen molar-refractivity contribution >= 4 is 17.9 Å². The molecule has 0 heterocycles. The van der Waals surface area contributed by atoms with Crippen molar-refractivity contribution in [3.8, 4) is 0 Å². The summed E-state index contributed by atoms with van der Waals surface area (Å²) in [5, 5.41) is 0. The minimum absolute atomic E-state index is 0.0732. The molecular formula is C66H122O6. The second kappa shape index (κ2) is 61.2. The maximum Gasteiger partial charge on any atom is 0.306 e. The van der Waals surface area contributed by atoms with Crippen LogP contribution < -0.4 is 0 Å². The standard InChI is InChI=1S/C66H122O6/c1-4-7-10-13-16-19-22-25-28-30-32-34-35-38-41-44-47-50-53-56-59-65(68)71-62-63(61-70-64(67)58-55-52-49-46-43-40-37-27-24-21-18-15-12-9-6-3)72-66(69)60-57-54-51-48-45-42-39-36-33-31-29-26-23-20-17-14-11-8-5-2/h18,21,26-27,29,37,63H,4-17,19-20,22-25,28,30-36,38-62H2,1-3H3/b21-18-,29-26-,37-27-. The molecule has 6 nitrogen and oxygen atoms in total. The van der Waals surface area contributed by atoms with Crippen LogP contribution in [0.2, 0.25) is 0 Å². The number of unbranched alkanes of at least 4 members (excludes halogenated alkanes) is 42. The summed E-state index contributed by atoms with van der Waals surface area (Å²) in [6.07, 6.45) is 74.3. The first-order chi connectivity index (χ1) is 35.5. The summed E-state index contributed by atoms with van der Waals surface area (Å²) in [5.41, 5.74) is 0. The highest BCUT2D eigenvalue weighted by Gasteiger charge is 2.19. The van der Waals surface area contributed by atoms with Crippen LogP contribution in [0.3, 0.4) is 0 Å². The van der Waals surface area contributed by atoms with Gasteiger partial charge in [-0.1, -0.05) is 288 Å². The van der Waals surface area contributed by atoms with Crippen molar-refractivity contribution in [1.29, 1.82) is 0 Å². The van der Waals surface area contributed by atoms with Gasteiger partial charge in [0, 0.05) is 19.3 Å². The van der Waals surface area contributed by atoms with E-state index >= 15 is 0 Å². The lowest BCUT2D eigenvalue weighted by molar-refractivity contribution is -0.167. The highest BCUT2D eigenvalue weighted by Crippen LogP contribution is 2.17. The quantitative estimate of drug-likeness (QED) is 0.0261. The summed E-state index contributed by atoms with van der Waals surface area (Å²) in [6.45, 7) is 6.66. The SMILES string of the molecule is CCCCC/C=C\C/C=C\CCCCCCCC(=O)OCC(COC(=O)CCCCCCCCCCCCCCCCCCCCCC)OC(=O)CCCCCCCCCCC/C=C\CCCCCCCC. The van der Waals surface area contributed by atoms with Crippen molar-refractivity contribution in [2.75, 3.05) is 13.2 Å². The van der Waals surface area contributed by atoms with Gasteiger partial charge in [-0.15, -0.1) is 0 Å². The normalized spacial score (nSPS) is 12.2. The Morgan fingerprint density at radius 3 is 0.806 bits per heavy atom. The summed E-state index contributed by atoms with van der Waals surface area (Å²) < 4.78 is 16.9. The Morgan fingerprint density at radius 1 is 0.278 bits per heavy atom. The van der Waals surface area contributed by atoms with Crippen molar-refractivity contribution in [3.63, 3.8) is 0 Å². The maximum atomic E-state index is 12.9. The first-order valence-corrected chi connectivity index (χ1v) is 32.0. The monoisotopic (exact) mass is 1010 g/mol. The third-order valence-corrected chi connectivity index (χ3v) is 14.4. The summed E-state index contributed by atoms with van der Waals surface area (Å²) in [4.78, 5) is 38.3. The Labute approximate surface area is 448 Å². The number of allylic oxidation sites excluding steroid dienone is 6. The molecule has 0 rings (SSSR count). The van der Waals surface area contributed by atoms with E-state index in [1.807, 2.05) is 0 Å². The molecule has 0 spiro atoms. The molecule has 422 valence electrons. The Balaban J connectivity index is 4.33. The van der Waals surface area contributed by atoms with Crippen LogP contribution in [0.25, 0.3) is 0 Å². The number of carbonyl (C=O) groups excluding carboxylic acids is 3. The van der Waals surface area contributed by atoms with Gasteiger partial charge in [0.1, 0.15) is 13.2 Å². The zero-order valence-corrected chi connectivity index (χ0v) is 48.5. The summed E-state index contributed by atoms with van der Waals surface area (Å²) in [5.74, 6) is -0.866. The lowest BCUT2D eigenvalue weighted by atomic mass is 10.0. The molecule has 0 aliphatic rings. The minimum atomic E-state index is -0.777. The Hall–Kier alpha value is -2.37. The van der Waals surface area contributed by atoms with E-state index in [9.17, 15) is 14.4 Å². The van der Waals surface area contributed by atoms with Crippen LogP contribution in [-0.4, -0.2) is 37.2 Å². The largest absolute Gasteiger partial charge is 0.462 e. The molecule has 0 fully saturated rings.